The van der Waals surface area contributed by atoms with E-state index >= 15 is 0 Å². The van der Waals surface area contributed by atoms with Crippen molar-refractivity contribution in [2.24, 2.45) is 11.3 Å². The van der Waals surface area contributed by atoms with Crippen molar-refractivity contribution in [1.29, 1.82) is 0 Å². The minimum atomic E-state index is -3.74. The number of sulfonamides is 1. The topological polar surface area (TPSA) is 133 Å². The van der Waals surface area contributed by atoms with Crippen LogP contribution < -0.4 is 10.6 Å². The molecule has 3 N–H and O–H groups in total. The Morgan fingerprint density at radius 3 is 2.52 bits per heavy atom. The summed E-state index contributed by atoms with van der Waals surface area (Å²) in [5, 5.41) is 13.2. The van der Waals surface area contributed by atoms with Crippen molar-refractivity contribution in [3.8, 4) is 0 Å². The second-order valence-corrected chi connectivity index (χ2v) is 13.2. The molecule has 5 rings (SSSR count). The number of nitrogens with zero attached hydrogens (tertiary/aromatic N) is 2. The van der Waals surface area contributed by atoms with Gasteiger partial charge in [0.25, 0.3) is 0 Å². The first-order valence-corrected chi connectivity index (χ1v) is 15.5. The van der Waals surface area contributed by atoms with E-state index in [4.69, 9.17) is 4.74 Å². The van der Waals surface area contributed by atoms with Gasteiger partial charge < -0.3 is 15.4 Å². The third-order valence-electron chi connectivity index (χ3n) is 8.63. The molecule has 1 spiro atoms. The lowest BCUT2D eigenvalue weighted by atomic mass is 9.75. The van der Waals surface area contributed by atoms with E-state index in [0.29, 0.717) is 63.1 Å². The number of nitrogens with one attached hydrogen (secondary N) is 3. The van der Waals surface area contributed by atoms with Gasteiger partial charge in [-0.2, -0.15) is 9.40 Å². The minimum Gasteiger partial charge on any atom is -0.381 e. The van der Waals surface area contributed by atoms with Gasteiger partial charge in [-0.1, -0.05) is 42.5 Å². The van der Waals surface area contributed by atoms with Gasteiger partial charge in [0.05, 0.1) is 16.8 Å². The summed E-state index contributed by atoms with van der Waals surface area (Å²) in [6.07, 6.45) is 7.27. The summed E-state index contributed by atoms with van der Waals surface area (Å²) in [7, 11) is -3.74. The highest BCUT2D eigenvalue weighted by Gasteiger charge is 2.42. The Kier molecular flexibility index (Phi) is 8.44. The van der Waals surface area contributed by atoms with Crippen LogP contribution in [-0.4, -0.2) is 73.1 Å². The number of piperidine rings is 1. The van der Waals surface area contributed by atoms with Crippen LogP contribution in [-0.2, 0) is 30.8 Å². The fourth-order valence-electron chi connectivity index (χ4n) is 6.22. The summed E-state index contributed by atoms with van der Waals surface area (Å²) in [5.41, 5.74) is 1.29. The highest BCUT2D eigenvalue weighted by atomic mass is 32.2. The molecule has 2 saturated heterocycles. The Bertz CT molecular complexity index is 1330. The van der Waals surface area contributed by atoms with Gasteiger partial charge in [-0.3, -0.25) is 14.7 Å². The number of rotatable bonds is 4. The predicted octanol–water partition coefficient (Wildman–Crippen LogP) is 2.40. The molecule has 2 aromatic rings. The Hall–Kier alpha value is -3.02. The fourth-order valence-corrected chi connectivity index (χ4v) is 8.06. The largest absolute Gasteiger partial charge is 0.381 e. The molecular formula is C29H39N5O5S. The van der Waals surface area contributed by atoms with E-state index in [-0.39, 0.29) is 41.8 Å². The number of H-pyrrole nitrogens is 1. The number of carbonyl (C=O) groups excluding carboxylic acids is 2. The Labute approximate surface area is 236 Å². The average molecular weight is 570 g/mol. The fraction of sp³-hybridized carbons (Fsp3) is 0.552. The SMILES string of the molecule is Cc1n[nH]c(C)c1S(=O)(=O)N1CC[C@@H]2NC(=O)[C@@H](Cc3ccccc3)NC(=O)C3(C/C=C/C[C@@H]2C1)CCOCC3. The second kappa shape index (κ2) is 11.8. The molecule has 1 aromatic carbocycles. The zero-order valence-electron chi connectivity index (χ0n) is 23.2. The molecular weight excluding hydrogens is 530 g/mol. The van der Waals surface area contributed by atoms with Crippen LogP contribution in [0.2, 0.25) is 0 Å². The number of fused-ring (bicyclic) bond motifs is 1. The van der Waals surface area contributed by atoms with Gasteiger partial charge in [0.15, 0.2) is 0 Å². The van der Waals surface area contributed by atoms with E-state index in [1.54, 1.807) is 13.8 Å². The van der Waals surface area contributed by atoms with Crippen molar-refractivity contribution in [1.82, 2.24) is 25.1 Å². The number of benzene rings is 1. The van der Waals surface area contributed by atoms with Crippen LogP contribution in [0.15, 0.2) is 47.4 Å². The molecule has 2 amide bonds. The number of ether oxygens (including phenoxy) is 1. The molecule has 0 unspecified atom stereocenters. The molecule has 3 aliphatic heterocycles. The van der Waals surface area contributed by atoms with Crippen LogP contribution in [0.1, 0.15) is 49.1 Å². The van der Waals surface area contributed by atoms with Crippen molar-refractivity contribution in [3.05, 3.63) is 59.4 Å². The third-order valence-corrected chi connectivity index (χ3v) is 10.8. The number of aromatic amines is 1. The average Bonchev–Trinajstić information content (AvgIpc) is 3.30. The second-order valence-electron chi connectivity index (χ2n) is 11.3. The smallest absolute Gasteiger partial charge is 0.246 e. The van der Waals surface area contributed by atoms with Crippen LogP contribution in [0.5, 0.6) is 0 Å². The molecule has 216 valence electrons. The summed E-state index contributed by atoms with van der Waals surface area (Å²) < 4.78 is 34.3. The standard InChI is InChI=1S/C29H39N5O5S/c1-20-26(21(2)33-32-20)40(37,38)34-15-11-24-23(19-34)10-6-7-12-29(13-16-39-17-14-29)28(36)31-25(27(35)30-24)18-22-8-4-3-5-9-22/h3-9,23-25H,10-19H2,1-2H3,(H,30,35)(H,31,36)(H,32,33)/b7-6+/t23-,24+,25-/m1/s1. The Morgan fingerprint density at radius 1 is 1.07 bits per heavy atom. The number of allylic oxidation sites excluding steroid dienone is 2. The molecule has 2 fully saturated rings. The van der Waals surface area contributed by atoms with Crippen molar-refractivity contribution in [2.45, 2.75) is 69.4 Å². The van der Waals surface area contributed by atoms with Crippen LogP contribution in [0.4, 0.5) is 0 Å². The number of hydrogen-bond acceptors (Lipinski definition) is 6. The Balaban J connectivity index is 1.43. The zero-order chi connectivity index (χ0) is 28.3. The number of aryl methyl sites for hydroxylation is 2. The lowest BCUT2D eigenvalue weighted by Gasteiger charge is -2.40. The summed E-state index contributed by atoms with van der Waals surface area (Å²) >= 11 is 0. The molecule has 0 bridgehead atoms. The summed E-state index contributed by atoms with van der Waals surface area (Å²) in [4.78, 5) is 27.7. The minimum absolute atomic E-state index is 0.111. The molecule has 0 saturated carbocycles. The normalized spacial score (nSPS) is 27.1. The molecule has 0 aliphatic carbocycles. The van der Waals surface area contributed by atoms with Crippen LogP contribution in [0.25, 0.3) is 0 Å². The maximum absolute atomic E-state index is 13.7. The van der Waals surface area contributed by atoms with Crippen molar-refractivity contribution >= 4 is 21.8 Å². The van der Waals surface area contributed by atoms with E-state index in [1.165, 1.54) is 4.31 Å². The number of amides is 2. The van der Waals surface area contributed by atoms with E-state index in [1.807, 2.05) is 36.4 Å². The van der Waals surface area contributed by atoms with E-state index in [2.05, 4.69) is 26.9 Å². The van der Waals surface area contributed by atoms with Crippen molar-refractivity contribution in [2.75, 3.05) is 26.3 Å². The van der Waals surface area contributed by atoms with Gasteiger partial charge >= 0.3 is 0 Å². The van der Waals surface area contributed by atoms with Gasteiger partial charge in [-0.15, -0.1) is 0 Å². The van der Waals surface area contributed by atoms with Gasteiger partial charge in [-0.25, -0.2) is 8.42 Å². The number of hydrogen-bond donors (Lipinski definition) is 3. The van der Waals surface area contributed by atoms with Crippen molar-refractivity contribution in [3.63, 3.8) is 0 Å². The number of aromatic nitrogens is 2. The monoisotopic (exact) mass is 569 g/mol. The van der Waals surface area contributed by atoms with E-state index < -0.39 is 21.5 Å². The lowest BCUT2D eigenvalue weighted by molar-refractivity contribution is -0.140. The number of carbonyl (C=O) groups is 2. The van der Waals surface area contributed by atoms with Crippen LogP contribution in [0.3, 0.4) is 0 Å². The maximum Gasteiger partial charge on any atom is 0.246 e. The third kappa shape index (κ3) is 5.87. The molecule has 3 aliphatic rings. The van der Waals surface area contributed by atoms with Gasteiger partial charge in [0.2, 0.25) is 21.8 Å². The first-order valence-electron chi connectivity index (χ1n) is 14.1. The quantitative estimate of drug-likeness (QED) is 0.485. The van der Waals surface area contributed by atoms with E-state index in [0.717, 1.165) is 5.56 Å². The van der Waals surface area contributed by atoms with Crippen molar-refractivity contribution < 1.29 is 22.7 Å². The summed E-state index contributed by atoms with van der Waals surface area (Å²) in [6, 6.07) is 8.71. The first-order chi connectivity index (χ1) is 19.2. The van der Waals surface area contributed by atoms with Crippen LogP contribution in [0, 0.1) is 25.2 Å². The molecule has 4 heterocycles. The molecule has 11 heteroatoms. The van der Waals surface area contributed by atoms with Gasteiger partial charge in [0.1, 0.15) is 10.9 Å². The highest BCUT2D eigenvalue weighted by molar-refractivity contribution is 7.89. The molecule has 1 aromatic heterocycles. The molecule has 3 atom stereocenters. The first kappa shape index (κ1) is 28.5. The molecule has 0 radical (unpaired) electrons. The molecule has 40 heavy (non-hydrogen) atoms. The zero-order valence-corrected chi connectivity index (χ0v) is 24.0. The lowest BCUT2D eigenvalue weighted by Crippen LogP contribution is -2.58. The van der Waals surface area contributed by atoms with Gasteiger partial charge in [0, 0.05) is 38.8 Å². The maximum atomic E-state index is 13.7. The van der Waals surface area contributed by atoms with Crippen LogP contribution >= 0.6 is 0 Å². The molecule has 10 nitrogen and oxygen atoms in total. The summed E-state index contributed by atoms with van der Waals surface area (Å²) in [5.74, 6) is -0.466. The highest BCUT2D eigenvalue weighted by Crippen LogP contribution is 2.36. The van der Waals surface area contributed by atoms with Gasteiger partial charge in [-0.05, 0) is 57.4 Å². The van der Waals surface area contributed by atoms with E-state index in [9.17, 15) is 18.0 Å². The predicted molar refractivity (Wildman–Crippen MR) is 150 cm³/mol. The summed E-state index contributed by atoms with van der Waals surface area (Å²) in [6.45, 7) is 4.98. The Morgan fingerprint density at radius 2 is 1.82 bits per heavy atom.